The van der Waals surface area contributed by atoms with Crippen molar-refractivity contribution in [2.45, 2.75) is 38.1 Å². The lowest BCUT2D eigenvalue weighted by molar-refractivity contribution is 0.341. The van der Waals surface area contributed by atoms with Crippen LogP contribution in [0.5, 0.6) is 0 Å². The van der Waals surface area contributed by atoms with E-state index in [1.54, 1.807) is 10.4 Å². The van der Waals surface area contributed by atoms with E-state index in [0.717, 1.165) is 0 Å². The fourth-order valence-corrected chi connectivity index (χ4v) is 3.25. The van der Waals surface area contributed by atoms with E-state index in [1.165, 1.54) is 30.7 Å². The lowest BCUT2D eigenvalue weighted by atomic mass is 9.92. The molecule has 0 radical (unpaired) electrons. The molecule has 84 valence electrons. The largest absolute Gasteiger partial charge is 0.380 e. The third kappa shape index (κ3) is 2.18. The SMILES string of the molecule is CNc1cc2c(s1)CCC(C)(NC)CC2. The first kappa shape index (κ1) is 11.0. The molecule has 0 bridgehead atoms. The maximum absolute atomic E-state index is 3.46. The standard InChI is InChI=1S/C12H20N2S/c1-12(14-3)6-4-9-8-11(13-2)15-10(9)5-7-12/h8,13-14H,4-7H2,1-3H3. The Bertz CT molecular complexity index is 318. The fraction of sp³-hybridized carbons (Fsp3) is 0.667. The molecule has 1 aliphatic carbocycles. The van der Waals surface area contributed by atoms with Crippen LogP contribution in [0.15, 0.2) is 6.07 Å². The van der Waals surface area contributed by atoms with Crippen LogP contribution in [0.4, 0.5) is 5.00 Å². The fourth-order valence-electron chi connectivity index (χ4n) is 2.19. The molecule has 0 saturated carbocycles. The van der Waals surface area contributed by atoms with Crippen molar-refractivity contribution in [3.05, 3.63) is 16.5 Å². The zero-order valence-corrected chi connectivity index (χ0v) is 10.6. The normalized spacial score (nSPS) is 25.8. The van der Waals surface area contributed by atoms with Gasteiger partial charge in [-0.1, -0.05) is 0 Å². The van der Waals surface area contributed by atoms with E-state index in [2.05, 4.69) is 30.7 Å². The highest BCUT2D eigenvalue weighted by molar-refractivity contribution is 7.16. The third-order valence-corrected chi connectivity index (χ3v) is 4.85. The zero-order valence-electron chi connectivity index (χ0n) is 9.81. The molecule has 2 rings (SSSR count). The van der Waals surface area contributed by atoms with Gasteiger partial charge in [0.15, 0.2) is 0 Å². The molecular weight excluding hydrogens is 204 g/mol. The van der Waals surface area contributed by atoms with Crippen LogP contribution in [0.25, 0.3) is 0 Å². The molecule has 1 atom stereocenters. The second-order valence-electron chi connectivity index (χ2n) is 4.62. The van der Waals surface area contributed by atoms with Crippen molar-refractivity contribution in [2.24, 2.45) is 0 Å². The molecule has 0 spiro atoms. The summed E-state index contributed by atoms with van der Waals surface area (Å²) in [6.45, 7) is 2.34. The van der Waals surface area contributed by atoms with Gasteiger partial charge in [0.25, 0.3) is 0 Å². The number of thiophene rings is 1. The van der Waals surface area contributed by atoms with Gasteiger partial charge in [-0.3, -0.25) is 0 Å². The van der Waals surface area contributed by atoms with E-state index in [9.17, 15) is 0 Å². The van der Waals surface area contributed by atoms with Crippen LogP contribution in [0.2, 0.25) is 0 Å². The van der Waals surface area contributed by atoms with E-state index < -0.39 is 0 Å². The minimum atomic E-state index is 0.332. The summed E-state index contributed by atoms with van der Waals surface area (Å²) >= 11 is 1.92. The van der Waals surface area contributed by atoms with Crippen LogP contribution < -0.4 is 10.6 Å². The quantitative estimate of drug-likeness (QED) is 0.755. The predicted molar refractivity (Wildman–Crippen MR) is 68.0 cm³/mol. The molecule has 2 nitrogen and oxygen atoms in total. The summed E-state index contributed by atoms with van der Waals surface area (Å²) < 4.78 is 0. The van der Waals surface area contributed by atoms with Gasteiger partial charge in [0.2, 0.25) is 0 Å². The summed E-state index contributed by atoms with van der Waals surface area (Å²) in [5.74, 6) is 0. The number of aryl methyl sites for hydroxylation is 2. The maximum atomic E-state index is 3.46. The molecule has 1 heterocycles. The summed E-state index contributed by atoms with van der Waals surface area (Å²) in [6.07, 6.45) is 4.93. The Balaban J connectivity index is 2.17. The van der Waals surface area contributed by atoms with Crippen LogP contribution in [-0.2, 0) is 12.8 Å². The van der Waals surface area contributed by atoms with Crippen LogP contribution in [0.1, 0.15) is 30.2 Å². The lowest BCUT2D eigenvalue weighted by Crippen LogP contribution is -2.39. The topological polar surface area (TPSA) is 24.1 Å². The maximum Gasteiger partial charge on any atom is 0.0885 e. The summed E-state index contributed by atoms with van der Waals surface area (Å²) in [5, 5.41) is 8.02. The van der Waals surface area contributed by atoms with Crippen molar-refractivity contribution in [3.63, 3.8) is 0 Å². The average Bonchev–Trinajstić information content (AvgIpc) is 2.60. The minimum Gasteiger partial charge on any atom is -0.380 e. The molecule has 1 unspecified atom stereocenters. The van der Waals surface area contributed by atoms with Crippen molar-refractivity contribution in [1.82, 2.24) is 5.32 Å². The van der Waals surface area contributed by atoms with Gasteiger partial charge in [0.05, 0.1) is 5.00 Å². The molecule has 0 amide bonds. The van der Waals surface area contributed by atoms with Crippen LogP contribution in [-0.4, -0.2) is 19.6 Å². The predicted octanol–water partition coefficient (Wildman–Crippen LogP) is 2.65. The Morgan fingerprint density at radius 2 is 2.00 bits per heavy atom. The first-order chi connectivity index (χ1) is 7.17. The van der Waals surface area contributed by atoms with Crippen molar-refractivity contribution in [2.75, 3.05) is 19.4 Å². The van der Waals surface area contributed by atoms with E-state index in [-0.39, 0.29) is 0 Å². The van der Waals surface area contributed by atoms with Gasteiger partial charge in [-0.2, -0.15) is 0 Å². The van der Waals surface area contributed by atoms with E-state index >= 15 is 0 Å². The van der Waals surface area contributed by atoms with E-state index in [0.29, 0.717) is 5.54 Å². The number of rotatable bonds is 2. The molecule has 0 aliphatic heterocycles. The van der Waals surface area contributed by atoms with Gasteiger partial charge < -0.3 is 10.6 Å². The Morgan fingerprint density at radius 1 is 1.27 bits per heavy atom. The molecule has 0 aromatic carbocycles. The van der Waals surface area contributed by atoms with Crippen molar-refractivity contribution >= 4 is 16.3 Å². The monoisotopic (exact) mass is 224 g/mol. The van der Waals surface area contributed by atoms with Crippen molar-refractivity contribution < 1.29 is 0 Å². The highest BCUT2D eigenvalue weighted by Crippen LogP contribution is 2.34. The molecule has 1 aliphatic rings. The summed E-state index contributed by atoms with van der Waals surface area (Å²) in [4.78, 5) is 1.58. The van der Waals surface area contributed by atoms with Gasteiger partial charge in [0.1, 0.15) is 0 Å². The summed E-state index contributed by atoms with van der Waals surface area (Å²) in [6, 6.07) is 2.32. The average molecular weight is 224 g/mol. The number of hydrogen-bond donors (Lipinski definition) is 2. The number of hydrogen-bond acceptors (Lipinski definition) is 3. The number of nitrogens with one attached hydrogen (secondary N) is 2. The van der Waals surface area contributed by atoms with Gasteiger partial charge in [-0.15, -0.1) is 11.3 Å². The first-order valence-electron chi connectivity index (χ1n) is 5.65. The Kier molecular flexibility index (Phi) is 3.03. The van der Waals surface area contributed by atoms with Crippen molar-refractivity contribution in [3.8, 4) is 0 Å². The molecule has 1 aromatic rings. The van der Waals surface area contributed by atoms with Gasteiger partial charge in [-0.25, -0.2) is 0 Å². The molecular formula is C12H20N2S. The first-order valence-corrected chi connectivity index (χ1v) is 6.47. The highest BCUT2D eigenvalue weighted by atomic mass is 32.1. The number of fused-ring (bicyclic) bond motifs is 1. The lowest BCUT2D eigenvalue weighted by Gasteiger charge is -2.27. The Hall–Kier alpha value is -0.540. The Morgan fingerprint density at radius 3 is 2.67 bits per heavy atom. The highest BCUT2D eigenvalue weighted by Gasteiger charge is 2.26. The van der Waals surface area contributed by atoms with Gasteiger partial charge in [0, 0.05) is 17.5 Å². The van der Waals surface area contributed by atoms with E-state index in [4.69, 9.17) is 0 Å². The Labute approximate surface area is 96.1 Å². The van der Waals surface area contributed by atoms with Gasteiger partial charge >= 0.3 is 0 Å². The molecule has 0 fully saturated rings. The molecule has 0 saturated heterocycles. The molecule has 1 aromatic heterocycles. The van der Waals surface area contributed by atoms with Crippen LogP contribution in [0.3, 0.4) is 0 Å². The summed E-state index contributed by atoms with van der Waals surface area (Å²) in [7, 11) is 4.08. The molecule has 2 N–H and O–H groups in total. The second-order valence-corrected chi connectivity index (χ2v) is 5.76. The van der Waals surface area contributed by atoms with Crippen molar-refractivity contribution in [1.29, 1.82) is 0 Å². The minimum absolute atomic E-state index is 0.332. The van der Waals surface area contributed by atoms with E-state index in [1.807, 2.05) is 18.4 Å². The third-order valence-electron chi connectivity index (χ3n) is 3.60. The zero-order chi connectivity index (χ0) is 10.9. The van der Waals surface area contributed by atoms with Gasteiger partial charge in [-0.05, 0) is 51.3 Å². The van der Waals surface area contributed by atoms with Crippen LogP contribution >= 0.6 is 11.3 Å². The number of anilines is 1. The smallest absolute Gasteiger partial charge is 0.0885 e. The molecule has 15 heavy (non-hydrogen) atoms. The molecule has 3 heteroatoms. The summed E-state index contributed by atoms with van der Waals surface area (Å²) in [5.41, 5.74) is 1.89. The van der Waals surface area contributed by atoms with Crippen LogP contribution in [0, 0.1) is 0 Å². The second kappa shape index (κ2) is 4.14.